The molecule has 0 radical (unpaired) electrons. The molecular formula is C14H24O2. The zero-order valence-corrected chi connectivity index (χ0v) is 10.0. The van der Waals surface area contributed by atoms with E-state index in [1.54, 1.807) is 0 Å². The summed E-state index contributed by atoms with van der Waals surface area (Å²) in [4.78, 5) is 0. The van der Waals surface area contributed by atoms with Gasteiger partial charge in [0.1, 0.15) is 0 Å². The van der Waals surface area contributed by atoms with Gasteiger partial charge in [-0.2, -0.15) is 0 Å². The van der Waals surface area contributed by atoms with Gasteiger partial charge in [0.25, 0.3) is 0 Å². The largest absolute Gasteiger partial charge is 0.393 e. The van der Waals surface area contributed by atoms with Gasteiger partial charge in [0, 0.05) is 0 Å². The number of hydrogen-bond donors (Lipinski definition) is 2. The molecule has 3 aliphatic rings. The Balaban J connectivity index is 1.73. The van der Waals surface area contributed by atoms with Gasteiger partial charge < -0.3 is 10.2 Å². The Morgan fingerprint density at radius 3 is 2.25 bits per heavy atom. The summed E-state index contributed by atoms with van der Waals surface area (Å²) in [6, 6.07) is 0. The third-order valence-corrected chi connectivity index (χ3v) is 5.48. The molecular weight excluding hydrogens is 200 g/mol. The molecule has 3 saturated carbocycles. The summed E-state index contributed by atoms with van der Waals surface area (Å²) in [7, 11) is 0. The molecule has 3 fully saturated rings. The standard InChI is InChI=1S/C14H24O2/c15-11-5-6-12-10(8-11)4-7-13(16)14(12)9-2-1-3-9/h9-16H,1-8H2. The minimum Gasteiger partial charge on any atom is -0.393 e. The van der Waals surface area contributed by atoms with Gasteiger partial charge in [-0.1, -0.05) is 19.3 Å². The van der Waals surface area contributed by atoms with Crippen LogP contribution < -0.4 is 0 Å². The predicted octanol–water partition coefficient (Wildman–Crippen LogP) is 2.33. The van der Waals surface area contributed by atoms with Crippen molar-refractivity contribution in [2.24, 2.45) is 23.7 Å². The molecule has 3 aliphatic carbocycles. The zero-order valence-electron chi connectivity index (χ0n) is 10.0. The molecule has 0 aromatic carbocycles. The molecule has 0 heterocycles. The first-order valence-corrected chi connectivity index (χ1v) is 7.12. The van der Waals surface area contributed by atoms with E-state index >= 15 is 0 Å². The summed E-state index contributed by atoms with van der Waals surface area (Å²) < 4.78 is 0. The summed E-state index contributed by atoms with van der Waals surface area (Å²) in [5.74, 6) is 2.80. The smallest absolute Gasteiger partial charge is 0.0573 e. The second kappa shape index (κ2) is 4.30. The third kappa shape index (κ3) is 1.80. The van der Waals surface area contributed by atoms with Crippen LogP contribution in [0.5, 0.6) is 0 Å². The van der Waals surface area contributed by atoms with Crippen molar-refractivity contribution in [3.63, 3.8) is 0 Å². The Bertz CT molecular complexity index is 247. The summed E-state index contributed by atoms with van der Waals surface area (Å²) in [5.41, 5.74) is 0. The van der Waals surface area contributed by atoms with Crippen molar-refractivity contribution in [2.75, 3.05) is 0 Å². The Morgan fingerprint density at radius 2 is 1.56 bits per heavy atom. The van der Waals surface area contributed by atoms with E-state index < -0.39 is 0 Å². The lowest BCUT2D eigenvalue weighted by molar-refractivity contribution is -0.0789. The van der Waals surface area contributed by atoms with Crippen molar-refractivity contribution in [3.05, 3.63) is 0 Å². The third-order valence-electron chi connectivity index (χ3n) is 5.48. The number of aliphatic hydroxyl groups excluding tert-OH is 2. The molecule has 0 saturated heterocycles. The van der Waals surface area contributed by atoms with Crippen molar-refractivity contribution >= 4 is 0 Å². The van der Waals surface area contributed by atoms with Crippen LogP contribution in [0.3, 0.4) is 0 Å². The molecule has 2 heteroatoms. The predicted molar refractivity (Wildman–Crippen MR) is 62.9 cm³/mol. The molecule has 16 heavy (non-hydrogen) atoms. The first kappa shape index (κ1) is 11.0. The number of hydrogen-bond acceptors (Lipinski definition) is 2. The van der Waals surface area contributed by atoms with Crippen molar-refractivity contribution in [1.29, 1.82) is 0 Å². The van der Waals surface area contributed by atoms with E-state index in [1.807, 2.05) is 0 Å². The van der Waals surface area contributed by atoms with Gasteiger partial charge >= 0.3 is 0 Å². The molecule has 2 nitrogen and oxygen atoms in total. The van der Waals surface area contributed by atoms with Crippen LogP contribution in [0.4, 0.5) is 0 Å². The Hall–Kier alpha value is -0.0800. The SMILES string of the molecule is OC1CCC2C(CCC(O)C2C2CCC2)C1. The fourth-order valence-electron chi connectivity index (χ4n) is 4.45. The van der Waals surface area contributed by atoms with Gasteiger partial charge in [-0.05, 0) is 55.8 Å². The van der Waals surface area contributed by atoms with E-state index in [9.17, 15) is 10.2 Å². The summed E-state index contributed by atoms with van der Waals surface area (Å²) in [6.45, 7) is 0. The molecule has 0 aliphatic heterocycles. The highest BCUT2D eigenvalue weighted by Gasteiger charge is 2.45. The summed E-state index contributed by atoms with van der Waals surface area (Å²) in [5, 5.41) is 20.0. The average Bonchev–Trinajstić information content (AvgIpc) is 2.19. The molecule has 0 aromatic heterocycles. The second-order valence-electron chi connectivity index (χ2n) is 6.30. The summed E-state index contributed by atoms with van der Waals surface area (Å²) >= 11 is 0. The Morgan fingerprint density at radius 1 is 0.750 bits per heavy atom. The molecule has 92 valence electrons. The molecule has 5 unspecified atom stereocenters. The quantitative estimate of drug-likeness (QED) is 0.717. The Labute approximate surface area is 98.1 Å². The maximum Gasteiger partial charge on any atom is 0.0573 e. The maximum atomic E-state index is 10.2. The second-order valence-corrected chi connectivity index (χ2v) is 6.30. The van der Waals surface area contributed by atoms with E-state index in [2.05, 4.69) is 0 Å². The van der Waals surface area contributed by atoms with Crippen molar-refractivity contribution in [2.45, 2.75) is 63.6 Å². The highest BCUT2D eigenvalue weighted by Crippen LogP contribution is 2.50. The van der Waals surface area contributed by atoms with E-state index in [4.69, 9.17) is 0 Å². The topological polar surface area (TPSA) is 40.5 Å². The number of fused-ring (bicyclic) bond motifs is 1. The van der Waals surface area contributed by atoms with Crippen LogP contribution in [0, 0.1) is 23.7 Å². The molecule has 2 N–H and O–H groups in total. The normalized spacial score (nSPS) is 49.5. The van der Waals surface area contributed by atoms with Gasteiger partial charge in [-0.15, -0.1) is 0 Å². The van der Waals surface area contributed by atoms with Crippen LogP contribution in [-0.4, -0.2) is 22.4 Å². The van der Waals surface area contributed by atoms with Gasteiger partial charge in [0.05, 0.1) is 12.2 Å². The van der Waals surface area contributed by atoms with Crippen LogP contribution >= 0.6 is 0 Å². The van der Waals surface area contributed by atoms with E-state index in [0.717, 1.165) is 43.9 Å². The van der Waals surface area contributed by atoms with Crippen LogP contribution in [-0.2, 0) is 0 Å². The van der Waals surface area contributed by atoms with Crippen molar-refractivity contribution in [3.8, 4) is 0 Å². The van der Waals surface area contributed by atoms with E-state index in [0.29, 0.717) is 11.8 Å². The first-order chi connectivity index (χ1) is 7.75. The van der Waals surface area contributed by atoms with Crippen LogP contribution in [0.1, 0.15) is 51.4 Å². The minimum absolute atomic E-state index is 0.0400. The highest BCUT2D eigenvalue weighted by atomic mass is 16.3. The lowest BCUT2D eigenvalue weighted by Crippen LogP contribution is -2.46. The van der Waals surface area contributed by atoms with E-state index in [1.165, 1.54) is 19.3 Å². The number of aliphatic hydroxyl groups is 2. The first-order valence-electron chi connectivity index (χ1n) is 7.12. The molecule has 5 atom stereocenters. The molecule has 3 rings (SSSR count). The maximum absolute atomic E-state index is 10.2. The zero-order chi connectivity index (χ0) is 11.1. The van der Waals surface area contributed by atoms with Crippen LogP contribution in [0.25, 0.3) is 0 Å². The van der Waals surface area contributed by atoms with Gasteiger partial charge in [0.2, 0.25) is 0 Å². The van der Waals surface area contributed by atoms with Gasteiger partial charge in [0.15, 0.2) is 0 Å². The van der Waals surface area contributed by atoms with Crippen molar-refractivity contribution in [1.82, 2.24) is 0 Å². The average molecular weight is 224 g/mol. The Kier molecular flexibility index (Phi) is 2.97. The fraction of sp³-hybridized carbons (Fsp3) is 1.00. The van der Waals surface area contributed by atoms with Crippen LogP contribution in [0.2, 0.25) is 0 Å². The fourth-order valence-corrected chi connectivity index (χ4v) is 4.45. The van der Waals surface area contributed by atoms with Crippen LogP contribution in [0.15, 0.2) is 0 Å². The molecule has 0 bridgehead atoms. The number of rotatable bonds is 1. The minimum atomic E-state index is -0.0569. The van der Waals surface area contributed by atoms with Crippen molar-refractivity contribution < 1.29 is 10.2 Å². The van der Waals surface area contributed by atoms with Gasteiger partial charge in [-0.3, -0.25) is 0 Å². The summed E-state index contributed by atoms with van der Waals surface area (Å²) in [6.07, 6.45) is 9.21. The van der Waals surface area contributed by atoms with Gasteiger partial charge in [-0.25, -0.2) is 0 Å². The lowest BCUT2D eigenvalue weighted by atomic mass is 9.57. The monoisotopic (exact) mass is 224 g/mol. The molecule has 0 amide bonds. The lowest BCUT2D eigenvalue weighted by Gasteiger charge is -2.50. The molecule has 0 spiro atoms. The molecule has 0 aromatic rings. The highest BCUT2D eigenvalue weighted by molar-refractivity contribution is 4.96. The van der Waals surface area contributed by atoms with E-state index in [-0.39, 0.29) is 12.2 Å².